The summed E-state index contributed by atoms with van der Waals surface area (Å²) in [6.07, 6.45) is 11.3. The Morgan fingerprint density at radius 2 is 1.58 bits per heavy atom. The Labute approximate surface area is 120 Å². The van der Waals surface area contributed by atoms with Gasteiger partial charge in [-0.1, -0.05) is 57.8 Å². The fourth-order valence-corrected chi connectivity index (χ4v) is 3.20. The largest absolute Gasteiger partial charge is 0.392 e. The van der Waals surface area contributed by atoms with Crippen LogP contribution < -0.4 is 0 Å². The van der Waals surface area contributed by atoms with E-state index >= 15 is 0 Å². The van der Waals surface area contributed by atoms with E-state index in [0.717, 1.165) is 6.42 Å². The normalized spacial score (nSPS) is 18.8. The summed E-state index contributed by atoms with van der Waals surface area (Å²) in [5.74, 6) is 0. The Morgan fingerprint density at radius 3 is 2.05 bits per heavy atom. The topological polar surface area (TPSA) is 20.2 Å². The molecule has 0 radical (unpaired) electrons. The summed E-state index contributed by atoms with van der Waals surface area (Å²) in [4.78, 5) is 0. The van der Waals surface area contributed by atoms with E-state index in [-0.39, 0.29) is 6.61 Å². The van der Waals surface area contributed by atoms with Crippen molar-refractivity contribution in [2.45, 2.75) is 64.6 Å². The van der Waals surface area contributed by atoms with Crippen molar-refractivity contribution in [2.75, 3.05) is 6.61 Å². The molecule has 0 saturated heterocycles. The van der Waals surface area contributed by atoms with Crippen LogP contribution in [0.2, 0.25) is 18.1 Å². The molecule has 108 valence electrons. The molecule has 1 rings (SSSR count). The molecule has 0 unspecified atom stereocenters. The van der Waals surface area contributed by atoms with Crippen LogP contribution in [0.15, 0.2) is 35.1 Å². The highest BCUT2D eigenvalue weighted by molar-refractivity contribution is 6.84. The van der Waals surface area contributed by atoms with E-state index in [1.807, 2.05) is 6.08 Å². The van der Waals surface area contributed by atoms with Crippen LogP contribution in [-0.2, 0) is 0 Å². The van der Waals surface area contributed by atoms with Gasteiger partial charge in [-0.3, -0.25) is 0 Å². The van der Waals surface area contributed by atoms with Crippen LogP contribution in [0.1, 0.15) is 46.5 Å². The summed E-state index contributed by atoms with van der Waals surface area (Å²) >= 11 is 0. The number of aliphatic hydroxyl groups is 1. The lowest BCUT2D eigenvalue weighted by atomic mass is 9.91. The maximum Gasteiger partial charge on any atom is 0.0770 e. The predicted molar refractivity (Wildman–Crippen MR) is 88.1 cm³/mol. The molecule has 0 aromatic carbocycles. The molecule has 1 aliphatic rings. The highest BCUT2D eigenvalue weighted by atomic mass is 28.3. The Morgan fingerprint density at radius 1 is 1.05 bits per heavy atom. The molecule has 0 bridgehead atoms. The van der Waals surface area contributed by atoms with Crippen molar-refractivity contribution < 1.29 is 5.11 Å². The van der Waals surface area contributed by atoms with Gasteiger partial charge in [0.15, 0.2) is 0 Å². The molecule has 0 aromatic rings. The van der Waals surface area contributed by atoms with Gasteiger partial charge in [-0.25, -0.2) is 0 Å². The third-order valence-electron chi connectivity index (χ3n) is 4.61. The number of rotatable bonds is 4. The fraction of sp³-hybridized carbons (Fsp3) is 0.647. The third-order valence-corrected chi connectivity index (χ3v) is 9.48. The van der Waals surface area contributed by atoms with E-state index in [0.29, 0.717) is 5.04 Å². The molecule has 0 aliphatic heterocycles. The second-order valence-electron chi connectivity index (χ2n) is 7.15. The molecular weight excluding hydrogens is 248 g/mol. The third kappa shape index (κ3) is 4.77. The fourth-order valence-electron chi connectivity index (χ4n) is 2.09. The molecule has 0 heterocycles. The van der Waals surface area contributed by atoms with Gasteiger partial charge in [0.1, 0.15) is 0 Å². The standard InChI is InChI=1S/C17H30OSi/c1-17(2,3)19(4,5)14-12-16-10-7-6-9-15(16)11-8-13-18/h8,11-12,14,18H,6-7,9-10,13H2,1-5H3/b11-8+,14-12+. The van der Waals surface area contributed by atoms with Crippen LogP contribution in [-0.4, -0.2) is 19.8 Å². The van der Waals surface area contributed by atoms with Gasteiger partial charge in [0.25, 0.3) is 0 Å². The predicted octanol–water partition coefficient (Wildman–Crippen LogP) is 5.01. The Balaban J connectivity index is 2.94. The summed E-state index contributed by atoms with van der Waals surface area (Å²) in [7, 11) is -1.34. The van der Waals surface area contributed by atoms with Gasteiger partial charge >= 0.3 is 0 Å². The molecule has 1 N–H and O–H groups in total. The summed E-state index contributed by atoms with van der Waals surface area (Å²) in [5, 5.41) is 9.33. The lowest BCUT2D eigenvalue weighted by Gasteiger charge is -2.34. The lowest BCUT2D eigenvalue weighted by molar-refractivity contribution is 0.342. The molecule has 1 aliphatic carbocycles. The van der Waals surface area contributed by atoms with Crippen molar-refractivity contribution in [2.24, 2.45) is 0 Å². The van der Waals surface area contributed by atoms with Crippen molar-refractivity contribution in [1.82, 2.24) is 0 Å². The Kier molecular flexibility index (Phi) is 5.81. The first-order valence-electron chi connectivity index (χ1n) is 7.46. The maximum absolute atomic E-state index is 8.93. The van der Waals surface area contributed by atoms with Gasteiger partial charge in [-0.2, -0.15) is 0 Å². The first kappa shape index (κ1) is 16.5. The van der Waals surface area contributed by atoms with Crippen molar-refractivity contribution in [3.05, 3.63) is 35.1 Å². The lowest BCUT2D eigenvalue weighted by Crippen LogP contribution is -2.34. The highest BCUT2D eigenvalue weighted by Crippen LogP contribution is 2.37. The molecule has 19 heavy (non-hydrogen) atoms. The van der Waals surface area contributed by atoms with Crippen LogP contribution in [0, 0.1) is 0 Å². The number of hydrogen-bond acceptors (Lipinski definition) is 1. The molecule has 0 atom stereocenters. The minimum atomic E-state index is -1.34. The van der Waals surface area contributed by atoms with Gasteiger partial charge in [-0.05, 0) is 41.9 Å². The first-order chi connectivity index (χ1) is 8.78. The van der Waals surface area contributed by atoms with E-state index < -0.39 is 8.07 Å². The van der Waals surface area contributed by atoms with Crippen molar-refractivity contribution >= 4 is 8.07 Å². The van der Waals surface area contributed by atoms with Crippen molar-refractivity contribution in [1.29, 1.82) is 0 Å². The monoisotopic (exact) mass is 278 g/mol. The average molecular weight is 279 g/mol. The second kappa shape index (κ2) is 6.71. The van der Waals surface area contributed by atoms with E-state index in [2.05, 4.69) is 51.7 Å². The molecule has 0 amide bonds. The van der Waals surface area contributed by atoms with Gasteiger partial charge in [0.05, 0.1) is 14.7 Å². The summed E-state index contributed by atoms with van der Waals surface area (Å²) in [5.41, 5.74) is 5.41. The van der Waals surface area contributed by atoms with Gasteiger partial charge in [0.2, 0.25) is 0 Å². The smallest absolute Gasteiger partial charge is 0.0770 e. The van der Waals surface area contributed by atoms with Crippen LogP contribution in [0.25, 0.3) is 0 Å². The maximum atomic E-state index is 8.93. The Hall–Kier alpha value is -0.603. The zero-order chi connectivity index (χ0) is 14.5. The zero-order valence-electron chi connectivity index (χ0n) is 13.3. The molecule has 0 aromatic heterocycles. The van der Waals surface area contributed by atoms with Crippen molar-refractivity contribution in [3.8, 4) is 0 Å². The minimum absolute atomic E-state index is 0.142. The summed E-state index contributed by atoms with van der Waals surface area (Å²) < 4.78 is 0. The van der Waals surface area contributed by atoms with E-state index in [4.69, 9.17) is 5.11 Å². The second-order valence-corrected chi connectivity index (χ2v) is 12.4. The highest BCUT2D eigenvalue weighted by Gasteiger charge is 2.32. The molecular formula is C17H30OSi. The van der Waals surface area contributed by atoms with Gasteiger partial charge in [0, 0.05) is 0 Å². The number of hydrogen-bond donors (Lipinski definition) is 1. The molecule has 0 saturated carbocycles. The van der Waals surface area contributed by atoms with Gasteiger partial charge in [-0.15, -0.1) is 0 Å². The van der Waals surface area contributed by atoms with Crippen LogP contribution >= 0.6 is 0 Å². The Bertz CT molecular complexity index is 381. The molecule has 0 spiro atoms. The minimum Gasteiger partial charge on any atom is -0.392 e. The number of aliphatic hydroxyl groups excluding tert-OH is 1. The molecule has 0 fully saturated rings. The summed E-state index contributed by atoms with van der Waals surface area (Å²) in [6, 6.07) is 0. The van der Waals surface area contributed by atoms with E-state index in [9.17, 15) is 0 Å². The van der Waals surface area contributed by atoms with Crippen LogP contribution in [0.3, 0.4) is 0 Å². The quantitative estimate of drug-likeness (QED) is 0.717. The van der Waals surface area contributed by atoms with Crippen LogP contribution in [0.4, 0.5) is 0 Å². The van der Waals surface area contributed by atoms with Gasteiger partial charge < -0.3 is 5.11 Å². The van der Waals surface area contributed by atoms with Crippen molar-refractivity contribution in [3.63, 3.8) is 0 Å². The average Bonchev–Trinajstić information content (AvgIpc) is 2.33. The number of allylic oxidation sites excluding steroid dienone is 4. The SMILES string of the molecule is CC(C)(C)[Si](C)(C)/C=C/C1=C(/C=C/CO)CCCC1. The molecule has 2 heteroatoms. The van der Waals surface area contributed by atoms with E-state index in [1.54, 1.807) is 0 Å². The summed E-state index contributed by atoms with van der Waals surface area (Å²) in [6.45, 7) is 12.1. The zero-order valence-corrected chi connectivity index (χ0v) is 14.3. The van der Waals surface area contributed by atoms with E-state index in [1.165, 1.54) is 30.4 Å². The van der Waals surface area contributed by atoms with Crippen LogP contribution in [0.5, 0.6) is 0 Å². The molecule has 1 nitrogen and oxygen atoms in total. The first-order valence-corrected chi connectivity index (χ1v) is 10.5.